The fraction of sp³-hybridized carbons (Fsp3) is 0.348. The van der Waals surface area contributed by atoms with Crippen molar-refractivity contribution in [2.24, 2.45) is 0 Å². The molecule has 2 rings (SSSR count). The molecule has 27 heavy (non-hydrogen) atoms. The highest BCUT2D eigenvalue weighted by Gasteiger charge is 2.15. The fourth-order valence-electron chi connectivity index (χ4n) is 3.07. The maximum Gasteiger partial charge on any atom is 0.248 e. The minimum atomic E-state index is -0.171. The second-order valence-electron chi connectivity index (χ2n) is 7.03. The highest BCUT2D eigenvalue weighted by Crippen LogP contribution is 2.33. The summed E-state index contributed by atoms with van der Waals surface area (Å²) in [6, 6.07) is 11.8. The van der Waals surface area contributed by atoms with Crippen molar-refractivity contribution >= 4 is 17.7 Å². The summed E-state index contributed by atoms with van der Waals surface area (Å²) in [6.07, 6.45) is 3.27. The van der Waals surface area contributed by atoms with Gasteiger partial charge in [-0.3, -0.25) is 4.79 Å². The number of amides is 1. The van der Waals surface area contributed by atoms with Gasteiger partial charge in [0.1, 0.15) is 0 Å². The first-order valence-electron chi connectivity index (χ1n) is 9.21. The van der Waals surface area contributed by atoms with Crippen LogP contribution in [0.1, 0.15) is 56.2 Å². The molecule has 0 heterocycles. The van der Waals surface area contributed by atoms with E-state index in [0.717, 1.165) is 22.4 Å². The van der Waals surface area contributed by atoms with Crippen LogP contribution in [-0.2, 0) is 4.79 Å². The van der Waals surface area contributed by atoms with E-state index in [9.17, 15) is 4.79 Å². The number of ether oxygens (including phenoxy) is 2. The smallest absolute Gasteiger partial charge is 0.248 e. The van der Waals surface area contributed by atoms with E-state index in [2.05, 4.69) is 51.2 Å². The van der Waals surface area contributed by atoms with Crippen LogP contribution in [0.2, 0.25) is 0 Å². The lowest BCUT2D eigenvalue weighted by molar-refractivity contribution is -0.111. The molecule has 0 aromatic heterocycles. The van der Waals surface area contributed by atoms with Gasteiger partial charge in [0.15, 0.2) is 11.5 Å². The molecule has 0 aliphatic rings. The summed E-state index contributed by atoms with van der Waals surface area (Å²) in [4.78, 5) is 12.6. The van der Waals surface area contributed by atoms with Crippen molar-refractivity contribution in [1.29, 1.82) is 0 Å². The normalized spacial score (nSPS) is 11.3. The Morgan fingerprint density at radius 2 is 1.52 bits per heavy atom. The number of nitrogens with one attached hydrogen (secondary N) is 1. The maximum atomic E-state index is 12.6. The largest absolute Gasteiger partial charge is 0.493 e. The van der Waals surface area contributed by atoms with Gasteiger partial charge in [-0.05, 0) is 35.1 Å². The van der Waals surface area contributed by atoms with E-state index in [-0.39, 0.29) is 5.91 Å². The molecule has 0 aliphatic carbocycles. The van der Waals surface area contributed by atoms with Crippen LogP contribution in [-0.4, -0.2) is 20.1 Å². The van der Waals surface area contributed by atoms with E-state index in [1.165, 1.54) is 6.08 Å². The minimum Gasteiger partial charge on any atom is -0.493 e. The zero-order chi connectivity index (χ0) is 20.0. The van der Waals surface area contributed by atoms with Crippen molar-refractivity contribution in [1.82, 2.24) is 0 Å². The second-order valence-corrected chi connectivity index (χ2v) is 7.03. The van der Waals surface area contributed by atoms with Crippen LogP contribution in [0, 0.1) is 0 Å². The summed E-state index contributed by atoms with van der Waals surface area (Å²) in [5.74, 6) is 1.71. The molecular weight excluding hydrogens is 338 g/mol. The van der Waals surface area contributed by atoms with Crippen molar-refractivity contribution < 1.29 is 14.3 Å². The lowest BCUT2D eigenvalue weighted by Gasteiger charge is -2.19. The van der Waals surface area contributed by atoms with Crippen LogP contribution in [0.15, 0.2) is 42.5 Å². The van der Waals surface area contributed by atoms with E-state index >= 15 is 0 Å². The van der Waals surface area contributed by atoms with E-state index < -0.39 is 0 Å². The van der Waals surface area contributed by atoms with E-state index in [1.807, 2.05) is 18.2 Å². The third-order valence-corrected chi connectivity index (χ3v) is 4.47. The van der Waals surface area contributed by atoms with Gasteiger partial charge in [-0.1, -0.05) is 58.0 Å². The Balaban J connectivity index is 2.30. The number of hydrogen-bond donors (Lipinski definition) is 1. The van der Waals surface area contributed by atoms with Crippen LogP contribution in [0.4, 0.5) is 5.69 Å². The van der Waals surface area contributed by atoms with Gasteiger partial charge >= 0.3 is 0 Å². The molecule has 4 heteroatoms. The Labute approximate surface area is 162 Å². The molecule has 2 aromatic rings. The van der Waals surface area contributed by atoms with Crippen molar-refractivity contribution in [2.45, 2.75) is 39.5 Å². The summed E-state index contributed by atoms with van der Waals surface area (Å²) in [5.41, 5.74) is 3.98. The van der Waals surface area contributed by atoms with Crippen LogP contribution in [0.5, 0.6) is 11.5 Å². The van der Waals surface area contributed by atoms with Gasteiger partial charge in [0, 0.05) is 17.3 Å². The standard InChI is InChI=1S/C23H29NO3/c1-15(2)18-10-8-11-19(16(3)4)22(18)24-21(25)14-13-17-9-7-12-20(26-5)23(17)27-6/h7-16H,1-6H3,(H,24,25)/b14-13+. The number of carbonyl (C=O) groups excluding carboxylic acids is 1. The molecule has 0 spiro atoms. The molecule has 0 atom stereocenters. The first kappa shape index (κ1) is 20.6. The molecule has 2 aromatic carbocycles. The number of para-hydroxylation sites is 2. The molecule has 144 valence electrons. The predicted molar refractivity (Wildman–Crippen MR) is 112 cm³/mol. The Morgan fingerprint density at radius 1 is 0.926 bits per heavy atom. The second kappa shape index (κ2) is 9.26. The average molecular weight is 367 g/mol. The van der Waals surface area contributed by atoms with Gasteiger partial charge in [0.05, 0.1) is 14.2 Å². The molecule has 0 aliphatic heterocycles. The van der Waals surface area contributed by atoms with Crippen LogP contribution in [0.25, 0.3) is 6.08 Å². The van der Waals surface area contributed by atoms with Gasteiger partial charge in [0.2, 0.25) is 5.91 Å². The summed E-state index contributed by atoms with van der Waals surface area (Å²) >= 11 is 0. The number of hydrogen-bond acceptors (Lipinski definition) is 3. The molecule has 1 N–H and O–H groups in total. The highest BCUT2D eigenvalue weighted by molar-refractivity contribution is 6.03. The zero-order valence-electron chi connectivity index (χ0n) is 17.0. The average Bonchev–Trinajstić information content (AvgIpc) is 2.65. The summed E-state index contributed by atoms with van der Waals surface area (Å²) < 4.78 is 10.7. The highest BCUT2D eigenvalue weighted by atomic mass is 16.5. The fourth-order valence-corrected chi connectivity index (χ4v) is 3.07. The molecule has 0 bridgehead atoms. The molecule has 1 amide bonds. The first-order chi connectivity index (χ1) is 12.9. The number of rotatable bonds is 7. The number of benzene rings is 2. The third-order valence-electron chi connectivity index (χ3n) is 4.47. The number of anilines is 1. The van der Waals surface area contributed by atoms with Gasteiger partial charge in [-0.25, -0.2) is 0 Å². The van der Waals surface area contributed by atoms with Crippen molar-refractivity contribution in [3.05, 3.63) is 59.2 Å². The summed E-state index contributed by atoms with van der Waals surface area (Å²) in [6.45, 7) is 8.52. The number of methoxy groups -OCH3 is 2. The Bertz CT molecular complexity index is 796. The van der Waals surface area contributed by atoms with Crippen LogP contribution in [0.3, 0.4) is 0 Å². The SMILES string of the molecule is COc1cccc(/C=C/C(=O)Nc2c(C(C)C)cccc2C(C)C)c1OC. The minimum absolute atomic E-state index is 0.171. The van der Waals surface area contributed by atoms with Gasteiger partial charge in [-0.15, -0.1) is 0 Å². The monoisotopic (exact) mass is 367 g/mol. The van der Waals surface area contributed by atoms with Crippen molar-refractivity contribution in [3.8, 4) is 11.5 Å². The van der Waals surface area contributed by atoms with Crippen molar-refractivity contribution in [3.63, 3.8) is 0 Å². The topological polar surface area (TPSA) is 47.6 Å². The van der Waals surface area contributed by atoms with Gasteiger partial charge in [-0.2, -0.15) is 0 Å². The summed E-state index contributed by atoms with van der Waals surface area (Å²) in [7, 11) is 3.18. The van der Waals surface area contributed by atoms with Gasteiger partial charge < -0.3 is 14.8 Å². The lowest BCUT2D eigenvalue weighted by atomic mass is 9.92. The lowest BCUT2D eigenvalue weighted by Crippen LogP contribution is -2.13. The molecule has 4 nitrogen and oxygen atoms in total. The van der Waals surface area contributed by atoms with Crippen LogP contribution < -0.4 is 14.8 Å². The Kier molecular flexibility index (Phi) is 7.05. The van der Waals surface area contributed by atoms with Gasteiger partial charge in [0.25, 0.3) is 0 Å². The summed E-state index contributed by atoms with van der Waals surface area (Å²) in [5, 5.41) is 3.08. The quantitative estimate of drug-likeness (QED) is 0.648. The number of carbonyl (C=O) groups is 1. The molecule has 0 saturated heterocycles. The molecule has 0 unspecified atom stereocenters. The predicted octanol–water partition coefficient (Wildman–Crippen LogP) is 5.60. The third kappa shape index (κ3) is 4.91. The molecule has 0 fully saturated rings. The molecular formula is C23H29NO3. The van der Waals surface area contributed by atoms with E-state index in [4.69, 9.17) is 9.47 Å². The van der Waals surface area contributed by atoms with Crippen LogP contribution >= 0.6 is 0 Å². The van der Waals surface area contributed by atoms with E-state index in [0.29, 0.717) is 23.3 Å². The van der Waals surface area contributed by atoms with Crippen molar-refractivity contribution in [2.75, 3.05) is 19.5 Å². The zero-order valence-corrected chi connectivity index (χ0v) is 17.0. The molecule has 0 saturated carbocycles. The molecule has 0 radical (unpaired) electrons. The first-order valence-corrected chi connectivity index (χ1v) is 9.21. The van der Waals surface area contributed by atoms with E-state index in [1.54, 1.807) is 20.3 Å². The Hall–Kier alpha value is -2.75. The Morgan fingerprint density at radius 3 is 2.04 bits per heavy atom. The maximum absolute atomic E-state index is 12.6.